The highest BCUT2D eigenvalue weighted by Crippen LogP contribution is 2.29. The number of carbonyl (C=O) groups is 1. The van der Waals surface area contributed by atoms with Crippen LogP contribution in [0.5, 0.6) is 5.75 Å². The van der Waals surface area contributed by atoms with E-state index in [0.29, 0.717) is 22.4 Å². The molecule has 2 rings (SSSR count). The molecule has 0 atom stereocenters. The Labute approximate surface area is 177 Å². The van der Waals surface area contributed by atoms with Crippen molar-refractivity contribution in [2.45, 2.75) is 19.7 Å². The summed E-state index contributed by atoms with van der Waals surface area (Å²) in [6, 6.07) is 9.77. The number of halogens is 3. The Balaban J connectivity index is 2.22. The number of rotatable bonds is 8. The minimum Gasteiger partial charge on any atom is -0.496 e. The van der Waals surface area contributed by atoms with Crippen LogP contribution in [-0.2, 0) is 27.3 Å². The molecule has 31 heavy (non-hydrogen) atoms. The molecule has 0 aromatic heterocycles. The summed E-state index contributed by atoms with van der Waals surface area (Å²) in [5.41, 5.74) is 0.824. The highest BCUT2D eigenvalue weighted by atomic mass is 19.4. The van der Waals surface area contributed by atoms with Crippen LogP contribution in [0.2, 0.25) is 0 Å². The van der Waals surface area contributed by atoms with Crippen molar-refractivity contribution >= 4 is 17.3 Å². The van der Waals surface area contributed by atoms with Gasteiger partial charge in [-0.1, -0.05) is 28.5 Å². The second-order valence-electron chi connectivity index (χ2n) is 6.26. The molecule has 1 amide bonds. The fourth-order valence-electron chi connectivity index (χ4n) is 2.63. The first-order valence-corrected chi connectivity index (χ1v) is 9.06. The highest BCUT2D eigenvalue weighted by molar-refractivity contribution is 6.45. The summed E-state index contributed by atoms with van der Waals surface area (Å²) < 4.78 is 43.9. The molecule has 166 valence electrons. The highest BCUT2D eigenvalue weighted by Gasteiger charge is 2.30. The number of methoxy groups -OCH3 is 1. The van der Waals surface area contributed by atoms with Crippen LogP contribution >= 0.6 is 0 Å². The minimum atomic E-state index is -4.44. The van der Waals surface area contributed by atoms with Crippen molar-refractivity contribution in [3.05, 3.63) is 64.7 Å². The van der Waals surface area contributed by atoms with Gasteiger partial charge in [0, 0.05) is 7.05 Å². The van der Waals surface area contributed by atoms with Gasteiger partial charge < -0.3 is 19.7 Å². The molecule has 0 radical (unpaired) electrons. The zero-order valence-corrected chi connectivity index (χ0v) is 17.4. The van der Waals surface area contributed by atoms with E-state index in [1.54, 1.807) is 25.1 Å². The Morgan fingerprint density at radius 1 is 1.10 bits per heavy atom. The summed E-state index contributed by atoms with van der Waals surface area (Å²) in [6.07, 6.45) is -4.44. The van der Waals surface area contributed by atoms with Gasteiger partial charge in [0.25, 0.3) is 5.91 Å². The topological polar surface area (TPSA) is 81.5 Å². The zero-order valence-electron chi connectivity index (χ0n) is 17.4. The number of nitrogens with one attached hydrogen (secondary N) is 1. The second-order valence-corrected chi connectivity index (χ2v) is 6.26. The molecule has 10 heteroatoms. The van der Waals surface area contributed by atoms with E-state index in [4.69, 9.17) is 14.4 Å². The first-order chi connectivity index (χ1) is 14.7. The third-order valence-electron chi connectivity index (χ3n) is 4.18. The predicted molar refractivity (Wildman–Crippen MR) is 109 cm³/mol. The van der Waals surface area contributed by atoms with Crippen molar-refractivity contribution in [3.8, 4) is 5.75 Å². The predicted octanol–water partition coefficient (Wildman–Crippen LogP) is 3.75. The molecular weight excluding hydrogens is 415 g/mol. The number of ether oxygens (including phenoxy) is 1. The summed E-state index contributed by atoms with van der Waals surface area (Å²) in [4.78, 5) is 22.2. The minimum absolute atomic E-state index is 0.00129. The molecule has 1 N–H and O–H groups in total. The Morgan fingerprint density at radius 3 is 2.45 bits per heavy atom. The van der Waals surface area contributed by atoms with Gasteiger partial charge in [-0.15, -0.1) is 0 Å². The molecule has 0 aliphatic carbocycles. The number of hydrogen-bond donors (Lipinski definition) is 1. The maximum atomic E-state index is 12.9. The first-order valence-electron chi connectivity index (χ1n) is 9.06. The van der Waals surface area contributed by atoms with Gasteiger partial charge in [-0.25, -0.2) is 0 Å². The molecule has 0 unspecified atom stereocenters. The number of oxime groups is 2. The van der Waals surface area contributed by atoms with Crippen LogP contribution in [0, 0.1) is 0 Å². The summed E-state index contributed by atoms with van der Waals surface area (Å²) in [6.45, 7) is 1.55. The van der Waals surface area contributed by atoms with Gasteiger partial charge in [0.2, 0.25) is 0 Å². The lowest BCUT2D eigenvalue weighted by atomic mass is 10.0. The normalized spacial score (nSPS) is 12.4. The molecule has 0 heterocycles. The summed E-state index contributed by atoms with van der Waals surface area (Å²) in [5.74, 6) is -0.0802. The van der Waals surface area contributed by atoms with Gasteiger partial charge in [0.05, 0.1) is 23.9 Å². The van der Waals surface area contributed by atoms with Gasteiger partial charge in [-0.2, -0.15) is 13.2 Å². The largest absolute Gasteiger partial charge is 0.496 e. The molecule has 0 aliphatic rings. The van der Waals surface area contributed by atoms with E-state index in [2.05, 4.69) is 15.6 Å². The number of nitrogens with zero attached hydrogens (tertiary/aromatic N) is 2. The Kier molecular flexibility index (Phi) is 8.00. The second kappa shape index (κ2) is 10.5. The van der Waals surface area contributed by atoms with Crippen LogP contribution < -0.4 is 10.1 Å². The molecule has 7 nitrogen and oxygen atoms in total. The third kappa shape index (κ3) is 6.21. The Morgan fingerprint density at radius 2 is 1.84 bits per heavy atom. The SMILES string of the molecule is CNC(=O)/C(=N/OC)c1cc(CO/N=C(\C)c2cccc(C(F)(F)F)c2)ccc1OC. The van der Waals surface area contributed by atoms with Gasteiger partial charge >= 0.3 is 6.18 Å². The van der Waals surface area contributed by atoms with E-state index in [-0.39, 0.29) is 18.0 Å². The molecule has 0 aliphatic heterocycles. The molecule has 0 saturated heterocycles. The number of benzene rings is 2. The smallest absolute Gasteiger partial charge is 0.416 e. The van der Waals surface area contributed by atoms with E-state index < -0.39 is 17.6 Å². The summed E-state index contributed by atoms with van der Waals surface area (Å²) >= 11 is 0. The van der Waals surface area contributed by atoms with E-state index in [9.17, 15) is 18.0 Å². The quantitative estimate of drug-likeness (QED) is 0.504. The fourth-order valence-corrected chi connectivity index (χ4v) is 2.63. The number of carbonyl (C=O) groups excluding carboxylic acids is 1. The van der Waals surface area contributed by atoms with Gasteiger partial charge in [0.1, 0.15) is 19.5 Å². The zero-order chi connectivity index (χ0) is 23.0. The maximum absolute atomic E-state index is 12.9. The number of likely N-dealkylation sites (N-methyl/N-ethyl adjacent to an activating group) is 1. The fraction of sp³-hybridized carbons (Fsp3) is 0.286. The average molecular weight is 437 g/mol. The van der Waals surface area contributed by atoms with Crippen molar-refractivity contribution in [3.63, 3.8) is 0 Å². The van der Waals surface area contributed by atoms with Gasteiger partial charge in [0.15, 0.2) is 5.71 Å². The molecule has 2 aromatic rings. The van der Waals surface area contributed by atoms with Gasteiger partial charge in [-0.3, -0.25) is 4.79 Å². The van der Waals surface area contributed by atoms with Crippen molar-refractivity contribution in [2.75, 3.05) is 21.3 Å². The van der Waals surface area contributed by atoms with Crippen molar-refractivity contribution in [1.29, 1.82) is 0 Å². The van der Waals surface area contributed by atoms with E-state index >= 15 is 0 Å². The molecule has 0 fully saturated rings. The lowest BCUT2D eigenvalue weighted by Gasteiger charge is -2.12. The van der Waals surface area contributed by atoms with Crippen molar-refractivity contribution < 1.29 is 32.4 Å². The monoisotopic (exact) mass is 437 g/mol. The van der Waals surface area contributed by atoms with Crippen LogP contribution in [0.3, 0.4) is 0 Å². The molecule has 0 saturated carbocycles. The molecular formula is C21H22F3N3O4. The van der Waals surface area contributed by atoms with Crippen LogP contribution in [-0.4, -0.2) is 38.6 Å². The van der Waals surface area contributed by atoms with E-state index in [1.165, 1.54) is 33.4 Å². The Bertz CT molecular complexity index is 988. The van der Waals surface area contributed by atoms with Crippen molar-refractivity contribution in [1.82, 2.24) is 5.32 Å². The number of hydrogen-bond acceptors (Lipinski definition) is 6. The molecule has 2 aromatic carbocycles. The van der Waals surface area contributed by atoms with Crippen molar-refractivity contribution in [2.24, 2.45) is 10.3 Å². The molecule has 0 bridgehead atoms. The van der Waals surface area contributed by atoms with Crippen LogP contribution in [0.15, 0.2) is 52.8 Å². The maximum Gasteiger partial charge on any atom is 0.416 e. The molecule has 0 spiro atoms. The van der Waals surface area contributed by atoms with Crippen LogP contribution in [0.25, 0.3) is 0 Å². The summed E-state index contributed by atoms with van der Waals surface area (Å²) in [5, 5.41) is 10.1. The van der Waals surface area contributed by atoms with Crippen LogP contribution in [0.4, 0.5) is 13.2 Å². The van der Waals surface area contributed by atoms with E-state index in [1.807, 2.05) is 0 Å². The number of alkyl halides is 3. The standard InChI is InChI=1S/C21H22F3N3O4/c1-13(15-6-5-7-16(11-15)21(22,23)24)26-31-12-14-8-9-18(29-3)17(10-14)19(27-30-4)20(28)25-2/h5-11H,12H2,1-4H3,(H,25,28)/b26-13+,27-19+. The van der Waals surface area contributed by atoms with Crippen LogP contribution in [0.1, 0.15) is 29.2 Å². The number of amides is 1. The van der Waals surface area contributed by atoms with E-state index in [0.717, 1.165) is 12.1 Å². The average Bonchev–Trinajstić information content (AvgIpc) is 2.76. The third-order valence-corrected chi connectivity index (χ3v) is 4.18. The first kappa shape index (κ1) is 23.7. The lowest BCUT2D eigenvalue weighted by Crippen LogP contribution is -2.29. The van der Waals surface area contributed by atoms with Gasteiger partial charge in [-0.05, 0) is 42.3 Å². The summed E-state index contributed by atoms with van der Waals surface area (Å²) in [7, 11) is 4.22. The Hall–Kier alpha value is -3.56. The lowest BCUT2D eigenvalue weighted by molar-refractivity contribution is -0.137.